The molecule has 3 N–H and O–H groups in total. The molecule has 0 spiro atoms. The molecule has 0 fully saturated rings. The van der Waals surface area contributed by atoms with E-state index in [4.69, 9.17) is 0 Å². The fourth-order valence-electron chi connectivity index (χ4n) is 2.81. The van der Waals surface area contributed by atoms with Crippen molar-refractivity contribution in [3.8, 4) is 11.1 Å². The molecule has 1 aromatic heterocycles. The Bertz CT molecular complexity index is 846. The van der Waals surface area contributed by atoms with Gasteiger partial charge >= 0.3 is 6.03 Å². The molecule has 0 radical (unpaired) electrons. The summed E-state index contributed by atoms with van der Waals surface area (Å²) < 4.78 is 0. The van der Waals surface area contributed by atoms with E-state index in [0.717, 1.165) is 16.6 Å². The normalized spacial score (nSPS) is 10.7. The first-order valence-electron chi connectivity index (χ1n) is 7.69. The molecule has 0 aliphatic heterocycles. The van der Waals surface area contributed by atoms with Crippen molar-refractivity contribution in [2.45, 2.75) is 20.8 Å². The number of aromatic nitrogens is 2. The number of aromatic amines is 1. The van der Waals surface area contributed by atoms with E-state index < -0.39 is 0 Å². The van der Waals surface area contributed by atoms with Crippen LogP contribution in [-0.4, -0.2) is 22.5 Å². The van der Waals surface area contributed by atoms with Gasteiger partial charge in [-0.2, -0.15) is 0 Å². The van der Waals surface area contributed by atoms with Crippen molar-refractivity contribution in [2.24, 2.45) is 0 Å². The molecule has 118 valence electrons. The van der Waals surface area contributed by atoms with E-state index in [1.807, 2.05) is 13.0 Å². The number of fused-ring (bicyclic) bond motifs is 1. The number of anilines is 1. The number of benzene rings is 2. The number of aryl methyl sites for hydroxylation is 2. The van der Waals surface area contributed by atoms with Gasteiger partial charge in [0.15, 0.2) is 0 Å². The Hall–Kier alpha value is -2.82. The molecule has 0 saturated heterocycles. The Balaban J connectivity index is 1.98. The van der Waals surface area contributed by atoms with Crippen LogP contribution < -0.4 is 10.6 Å². The number of amides is 2. The van der Waals surface area contributed by atoms with Crippen molar-refractivity contribution in [3.05, 3.63) is 47.5 Å². The lowest BCUT2D eigenvalue weighted by atomic mass is 9.96. The molecule has 5 nitrogen and oxygen atoms in total. The molecule has 3 rings (SSSR count). The third-order valence-electron chi connectivity index (χ3n) is 3.82. The smallest absolute Gasteiger partial charge is 0.321 e. The first-order chi connectivity index (χ1) is 11.1. The molecular formula is C18H20N4O. The minimum atomic E-state index is -0.262. The van der Waals surface area contributed by atoms with Crippen LogP contribution >= 0.6 is 0 Å². The Morgan fingerprint density at radius 1 is 1.17 bits per heavy atom. The van der Waals surface area contributed by atoms with Gasteiger partial charge in [0.1, 0.15) is 0 Å². The van der Waals surface area contributed by atoms with Crippen molar-refractivity contribution < 1.29 is 4.79 Å². The summed E-state index contributed by atoms with van der Waals surface area (Å²) in [6.07, 6.45) is 0. The maximum Gasteiger partial charge on any atom is 0.321 e. The number of carbonyl (C=O) groups is 1. The van der Waals surface area contributed by atoms with Gasteiger partial charge in [-0.1, -0.05) is 24.3 Å². The number of hydrogen-bond donors (Lipinski definition) is 3. The highest BCUT2D eigenvalue weighted by Gasteiger charge is 2.09. The molecule has 0 aliphatic rings. The molecule has 2 aromatic carbocycles. The molecule has 0 aliphatic carbocycles. The van der Waals surface area contributed by atoms with E-state index in [-0.39, 0.29) is 6.03 Å². The third kappa shape index (κ3) is 3.04. The van der Waals surface area contributed by atoms with E-state index >= 15 is 0 Å². The van der Waals surface area contributed by atoms with Gasteiger partial charge in [0.25, 0.3) is 0 Å². The lowest BCUT2D eigenvalue weighted by Gasteiger charge is -2.09. The molecule has 1 heterocycles. The van der Waals surface area contributed by atoms with Crippen LogP contribution in [0.5, 0.6) is 0 Å². The van der Waals surface area contributed by atoms with Crippen molar-refractivity contribution in [3.63, 3.8) is 0 Å². The number of imidazole rings is 1. The average molecular weight is 308 g/mol. The fraction of sp³-hybridized carbons (Fsp3) is 0.222. The second kappa shape index (κ2) is 6.12. The second-order valence-corrected chi connectivity index (χ2v) is 5.57. The highest BCUT2D eigenvalue weighted by Crippen LogP contribution is 2.29. The summed E-state index contributed by atoms with van der Waals surface area (Å²) in [4.78, 5) is 19.1. The first kappa shape index (κ1) is 15.1. The molecular weight excluding hydrogens is 288 g/mol. The zero-order valence-corrected chi connectivity index (χ0v) is 13.5. The molecule has 0 atom stereocenters. The van der Waals surface area contributed by atoms with Gasteiger partial charge in [0, 0.05) is 6.54 Å². The van der Waals surface area contributed by atoms with E-state index in [1.54, 1.807) is 0 Å². The summed E-state index contributed by atoms with van der Waals surface area (Å²) in [6.45, 7) is 6.67. The topological polar surface area (TPSA) is 69.8 Å². The number of urea groups is 1. The van der Waals surface area contributed by atoms with Gasteiger partial charge in [-0.3, -0.25) is 5.32 Å². The lowest BCUT2D eigenvalue weighted by Crippen LogP contribution is -2.28. The van der Waals surface area contributed by atoms with Gasteiger partial charge in [0.05, 0.1) is 11.0 Å². The van der Waals surface area contributed by atoms with Crippen LogP contribution in [0.2, 0.25) is 0 Å². The van der Waals surface area contributed by atoms with Crippen molar-refractivity contribution in [1.29, 1.82) is 0 Å². The predicted octanol–water partition coefficient (Wildman–Crippen LogP) is 3.99. The van der Waals surface area contributed by atoms with Crippen LogP contribution in [-0.2, 0) is 0 Å². The minimum absolute atomic E-state index is 0.262. The van der Waals surface area contributed by atoms with Crippen LogP contribution in [0.4, 0.5) is 10.7 Å². The van der Waals surface area contributed by atoms with E-state index in [0.29, 0.717) is 12.5 Å². The standard InChI is InChI=1S/C18H20N4O/c1-4-19-18(23)22-17-20-14-9-8-13(10-15(14)21-17)16-11(2)6-5-7-12(16)3/h5-10H,4H2,1-3H3,(H3,19,20,21,22,23). The SMILES string of the molecule is CCNC(=O)Nc1nc2ccc(-c3c(C)cccc3C)cc2[nH]1. The number of nitrogens with one attached hydrogen (secondary N) is 3. The summed E-state index contributed by atoms with van der Waals surface area (Å²) in [5.41, 5.74) is 6.58. The number of nitrogens with zero attached hydrogens (tertiary/aromatic N) is 1. The summed E-state index contributed by atoms with van der Waals surface area (Å²) in [7, 11) is 0. The van der Waals surface area contributed by atoms with Crippen molar-refractivity contribution in [1.82, 2.24) is 15.3 Å². The van der Waals surface area contributed by atoms with Crippen molar-refractivity contribution in [2.75, 3.05) is 11.9 Å². The van der Waals surface area contributed by atoms with Crippen LogP contribution in [0.15, 0.2) is 36.4 Å². The Labute approximate surface area is 135 Å². The van der Waals surface area contributed by atoms with Crippen LogP contribution in [0.1, 0.15) is 18.1 Å². The molecule has 23 heavy (non-hydrogen) atoms. The average Bonchev–Trinajstić information content (AvgIpc) is 2.88. The quantitative estimate of drug-likeness (QED) is 0.684. The Morgan fingerprint density at radius 2 is 1.91 bits per heavy atom. The molecule has 0 unspecified atom stereocenters. The van der Waals surface area contributed by atoms with Gasteiger partial charge in [0.2, 0.25) is 5.95 Å². The van der Waals surface area contributed by atoms with Gasteiger partial charge in [-0.15, -0.1) is 0 Å². The summed E-state index contributed by atoms with van der Waals surface area (Å²) in [5.74, 6) is 0.449. The van der Waals surface area contributed by atoms with Crippen molar-refractivity contribution >= 4 is 23.0 Å². The molecule has 0 saturated carbocycles. The largest absolute Gasteiger partial charge is 0.338 e. The Morgan fingerprint density at radius 3 is 2.61 bits per heavy atom. The highest BCUT2D eigenvalue weighted by molar-refractivity contribution is 5.91. The highest BCUT2D eigenvalue weighted by atomic mass is 16.2. The first-order valence-corrected chi connectivity index (χ1v) is 7.69. The number of carbonyl (C=O) groups excluding carboxylic acids is 1. The molecule has 2 amide bonds. The molecule has 3 aromatic rings. The number of H-pyrrole nitrogens is 1. The predicted molar refractivity (Wildman–Crippen MR) is 93.7 cm³/mol. The number of hydrogen-bond acceptors (Lipinski definition) is 2. The van der Waals surface area contributed by atoms with E-state index in [1.165, 1.54) is 16.7 Å². The van der Waals surface area contributed by atoms with Crippen LogP contribution in [0.25, 0.3) is 22.2 Å². The van der Waals surface area contributed by atoms with Crippen LogP contribution in [0, 0.1) is 13.8 Å². The third-order valence-corrected chi connectivity index (χ3v) is 3.82. The maximum atomic E-state index is 11.6. The van der Waals surface area contributed by atoms with Gasteiger partial charge in [-0.05, 0) is 55.2 Å². The lowest BCUT2D eigenvalue weighted by molar-refractivity contribution is 0.252. The number of rotatable bonds is 3. The van der Waals surface area contributed by atoms with Gasteiger partial charge < -0.3 is 10.3 Å². The molecule has 5 heteroatoms. The summed E-state index contributed by atoms with van der Waals surface area (Å²) >= 11 is 0. The Kier molecular flexibility index (Phi) is 4.02. The fourth-order valence-corrected chi connectivity index (χ4v) is 2.81. The molecule has 0 bridgehead atoms. The summed E-state index contributed by atoms with van der Waals surface area (Å²) in [6, 6.07) is 12.1. The summed E-state index contributed by atoms with van der Waals surface area (Å²) in [5, 5.41) is 5.38. The van der Waals surface area contributed by atoms with Gasteiger partial charge in [-0.25, -0.2) is 9.78 Å². The zero-order valence-electron chi connectivity index (χ0n) is 13.5. The van der Waals surface area contributed by atoms with Crippen LogP contribution in [0.3, 0.4) is 0 Å². The monoisotopic (exact) mass is 308 g/mol. The van der Waals surface area contributed by atoms with E-state index in [9.17, 15) is 4.79 Å². The minimum Gasteiger partial charge on any atom is -0.338 e. The second-order valence-electron chi connectivity index (χ2n) is 5.57. The zero-order chi connectivity index (χ0) is 16.4. The van der Waals surface area contributed by atoms with E-state index in [2.05, 4.69) is 64.8 Å². The maximum absolute atomic E-state index is 11.6.